The summed E-state index contributed by atoms with van der Waals surface area (Å²) in [6, 6.07) is 11.0. The summed E-state index contributed by atoms with van der Waals surface area (Å²) in [5, 5.41) is 6.76. The first-order valence-corrected chi connectivity index (χ1v) is 8.65. The predicted molar refractivity (Wildman–Crippen MR) is 118 cm³/mol. The van der Waals surface area contributed by atoms with Crippen LogP contribution in [-0.4, -0.2) is 63.3 Å². The minimum absolute atomic E-state index is 0. The molecule has 1 aromatic rings. The molecule has 0 bridgehead atoms. The van der Waals surface area contributed by atoms with E-state index >= 15 is 0 Å². The zero-order valence-corrected chi connectivity index (χ0v) is 18.8. The molecule has 1 aromatic carbocycles. The standard InChI is InChI=1S/C19H34N4O.HI/c1-7-20-18(22-15-19(2,3)24-6)21-14-17(23(4)5)13-16-11-9-8-10-12-16;/h8-12,17H,7,13-15H2,1-6H3,(H2,20,21,22);1H. The molecule has 0 saturated heterocycles. The predicted octanol–water partition coefficient (Wildman–Crippen LogP) is 2.76. The number of methoxy groups -OCH3 is 1. The fourth-order valence-corrected chi connectivity index (χ4v) is 2.21. The number of nitrogens with zero attached hydrogens (tertiary/aromatic N) is 2. The van der Waals surface area contributed by atoms with Gasteiger partial charge in [-0.25, -0.2) is 0 Å². The molecule has 6 heteroatoms. The Morgan fingerprint density at radius 1 is 1.20 bits per heavy atom. The molecule has 144 valence electrons. The van der Waals surface area contributed by atoms with Gasteiger partial charge in [-0.05, 0) is 46.9 Å². The number of rotatable bonds is 9. The summed E-state index contributed by atoms with van der Waals surface area (Å²) < 4.78 is 5.44. The van der Waals surface area contributed by atoms with Crippen molar-refractivity contribution in [3.63, 3.8) is 0 Å². The van der Waals surface area contributed by atoms with E-state index in [0.29, 0.717) is 12.6 Å². The second-order valence-electron chi connectivity index (χ2n) is 6.85. The second kappa shape index (κ2) is 12.5. The zero-order chi connectivity index (χ0) is 18.0. The number of likely N-dealkylation sites (N-methyl/N-ethyl adjacent to an activating group) is 1. The summed E-state index contributed by atoms with van der Waals surface area (Å²) >= 11 is 0. The molecule has 0 heterocycles. The molecule has 25 heavy (non-hydrogen) atoms. The normalized spacial score (nSPS) is 13.3. The highest BCUT2D eigenvalue weighted by Crippen LogP contribution is 2.08. The molecule has 0 radical (unpaired) electrons. The number of benzene rings is 1. The third-order valence-corrected chi connectivity index (χ3v) is 4.06. The van der Waals surface area contributed by atoms with Crippen molar-refractivity contribution in [1.82, 2.24) is 15.5 Å². The van der Waals surface area contributed by atoms with Crippen LogP contribution in [0.25, 0.3) is 0 Å². The summed E-state index contributed by atoms with van der Waals surface area (Å²) in [6.07, 6.45) is 1.00. The average molecular weight is 462 g/mol. The molecule has 1 rings (SSSR count). The SMILES string of the molecule is CCNC(=NCC(C)(C)OC)NCC(Cc1ccccc1)N(C)C.I. The van der Waals surface area contributed by atoms with Gasteiger partial charge < -0.3 is 20.3 Å². The Kier molecular flexibility index (Phi) is 12.1. The van der Waals surface area contributed by atoms with E-state index in [1.54, 1.807) is 7.11 Å². The van der Waals surface area contributed by atoms with Crippen LogP contribution >= 0.6 is 24.0 Å². The lowest BCUT2D eigenvalue weighted by molar-refractivity contribution is 0.0310. The van der Waals surface area contributed by atoms with Gasteiger partial charge in [0.15, 0.2) is 5.96 Å². The van der Waals surface area contributed by atoms with Crippen LogP contribution in [-0.2, 0) is 11.2 Å². The number of guanidine groups is 1. The molecule has 5 nitrogen and oxygen atoms in total. The Hall–Kier alpha value is -0.860. The summed E-state index contributed by atoms with van der Waals surface area (Å²) in [5.74, 6) is 0.836. The van der Waals surface area contributed by atoms with Crippen molar-refractivity contribution in [3.05, 3.63) is 35.9 Å². The second-order valence-corrected chi connectivity index (χ2v) is 6.85. The van der Waals surface area contributed by atoms with Gasteiger partial charge in [0.1, 0.15) is 0 Å². The first-order chi connectivity index (χ1) is 11.4. The lowest BCUT2D eigenvalue weighted by Crippen LogP contribution is -2.46. The van der Waals surface area contributed by atoms with E-state index in [4.69, 9.17) is 4.74 Å². The molecular weight excluding hydrogens is 427 g/mol. The highest BCUT2D eigenvalue weighted by Gasteiger charge is 2.17. The van der Waals surface area contributed by atoms with Crippen LogP contribution in [0.2, 0.25) is 0 Å². The van der Waals surface area contributed by atoms with E-state index in [1.807, 2.05) is 13.8 Å². The number of ether oxygens (including phenoxy) is 1. The molecule has 1 atom stereocenters. The molecule has 0 saturated carbocycles. The summed E-state index contributed by atoms with van der Waals surface area (Å²) in [4.78, 5) is 6.90. The largest absolute Gasteiger partial charge is 0.377 e. The van der Waals surface area contributed by atoms with E-state index in [2.05, 4.69) is 71.9 Å². The summed E-state index contributed by atoms with van der Waals surface area (Å²) in [5.41, 5.74) is 1.09. The van der Waals surface area contributed by atoms with Gasteiger partial charge in [-0.2, -0.15) is 0 Å². The number of hydrogen-bond donors (Lipinski definition) is 2. The van der Waals surface area contributed by atoms with Crippen LogP contribution in [0.4, 0.5) is 0 Å². The number of aliphatic imine (C=N–C) groups is 1. The lowest BCUT2D eigenvalue weighted by atomic mass is 10.1. The van der Waals surface area contributed by atoms with Crippen molar-refractivity contribution in [3.8, 4) is 0 Å². The Bertz CT molecular complexity index is 491. The van der Waals surface area contributed by atoms with Crippen LogP contribution in [0, 0.1) is 0 Å². The topological polar surface area (TPSA) is 48.9 Å². The third kappa shape index (κ3) is 10.0. The number of halogens is 1. The molecule has 0 aliphatic heterocycles. The van der Waals surface area contributed by atoms with E-state index in [1.165, 1.54) is 5.56 Å². The molecule has 0 fully saturated rings. The van der Waals surface area contributed by atoms with Crippen LogP contribution in [0.3, 0.4) is 0 Å². The van der Waals surface area contributed by atoms with Gasteiger partial charge in [-0.3, -0.25) is 4.99 Å². The first-order valence-electron chi connectivity index (χ1n) is 8.65. The Morgan fingerprint density at radius 2 is 1.84 bits per heavy atom. The molecule has 0 spiro atoms. The van der Waals surface area contributed by atoms with Crippen LogP contribution < -0.4 is 10.6 Å². The van der Waals surface area contributed by atoms with Crippen molar-refractivity contribution in [2.75, 3.05) is 40.8 Å². The quantitative estimate of drug-likeness (QED) is 0.337. The van der Waals surface area contributed by atoms with Crippen LogP contribution in [0.15, 0.2) is 35.3 Å². The van der Waals surface area contributed by atoms with Crippen molar-refractivity contribution in [1.29, 1.82) is 0 Å². The van der Waals surface area contributed by atoms with Crippen molar-refractivity contribution in [2.45, 2.75) is 38.8 Å². The van der Waals surface area contributed by atoms with Crippen molar-refractivity contribution < 1.29 is 4.74 Å². The maximum absolute atomic E-state index is 5.44. The van der Waals surface area contributed by atoms with E-state index in [-0.39, 0.29) is 29.6 Å². The molecule has 2 N–H and O–H groups in total. The van der Waals surface area contributed by atoms with Gasteiger partial charge in [0.2, 0.25) is 0 Å². The van der Waals surface area contributed by atoms with Gasteiger partial charge in [-0.15, -0.1) is 24.0 Å². The molecule has 0 aromatic heterocycles. The molecule has 0 aliphatic carbocycles. The van der Waals surface area contributed by atoms with Crippen molar-refractivity contribution >= 4 is 29.9 Å². The van der Waals surface area contributed by atoms with E-state index in [0.717, 1.165) is 25.5 Å². The van der Waals surface area contributed by atoms with Gasteiger partial charge in [0.25, 0.3) is 0 Å². The van der Waals surface area contributed by atoms with E-state index in [9.17, 15) is 0 Å². The average Bonchev–Trinajstić information content (AvgIpc) is 2.56. The molecule has 1 unspecified atom stereocenters. The Balaban J connectivity index is 0.00000576. The maximum atomic E-state index is 5.44. The Labute approximate surface area is 170 Å². The van der Waals surface area contributed by atoms with E-state index < -0.39 is 0 Å². The molecule has 0 aliphatic rings. The maximum Gasteiger partial charge on any atom is 0.191 e. The summed E-state index contributed by atoms with van der Waals surface area (Å²) in [6.45, 7) is 8.44. The van der Waals surface area contributed by atoms with Gasteiger partial charge in [-0.1, -0.05) is 30.3 Å². The number of hydrogen-bond acceptors (Lipinski definition) is 3. The fraction of sp³-hybridized carbons (Fsp3) is 0.632. The minimum Gasteiger partial charge on any atom is -0.377 e. The first kappa shape index (κ1) is 24.1. The summed E-state index contributed by atoms with van der Waals surface area (Å²) in [7, 11) is 5.96. The third-order valence-electron chi connectivity index (χ3n) is 4.06. The minimum atomic E-state index is -0.257. The van der Waals surface area contributed by atoms with Crippen molar-refractivity contribution in [2.24, 2.45) is 4.99 Å². The monoisotopic (exact) mass is 462 g/mol. The van der Waals surface area contributed by atoms with Gasteiger partial charge >= 0.3 is 0 Å². The highest BCUT2D eigenvalue weighted by molar-refractivity contribution is 14.0. The molecular formula is C19H35IN4O. The lowest BCUT2D eigenvalue weighted by Gasteiger charge is -2.26. The Morgan fingerprint density at radius 3 is 2.36 bits per heavy atom. The smallest absolute Gasteiger partial charge is 0.191 e. The van der Waals surface area contributed by atoms with Gasteiger partial charge in [0, 0.05) is 26.2 Å². The fourth-order valence-electron chi connectivity index (χ4n) is 2.21. The van der Waals surface area contributed by atoms with Crippen LogP contribution in [0.5, 0.6) is 0 Å². The molecule has 0 amide bonds. The zero-order valence-electron chi connectivity index (χ0n) is 16.5. The van der Waals surface area contributed by atoms with Crippen LogP contribution in [0.1, 0.15) is 26.3 Å². The van der Waals surface area contributed by atoms with Gasteiger partial charge in [0.05, 0.1) is 12.1 Å². The number of nitrogens with one attached hydrogen (secondary N) is 2. The highest BCUT2D eigenvalue weighted by atomic mass is 127.